The Hall–Kier alpha value is -0.0800. The molecule has 1 aliphatic heterocycles. The van der Waals surface area contributed by atoms with E-state index in [1.165, 1.54) is 45.2 Å². The van der Waals surface area contributed by atoms with Crippen molar-refractivity contribution in [2.75, 3.05) is 19.6 Å². The summed E-state index contributed by atoms with van der Waals surface area (Å²) in [6, 6.07) is 0.769. The first-order chi connectivity index (χ1) is 6.77. The van der Waals surface area contributed by atoms with E-state index in [1.54, 1.807) is 0 Å². The fraction of sp³-hybridized carbons (Fsp3) is 1.00. The number of unbranched alkanes of at least 4 members (excludes halogenated alkanes) is 3. The molecule has 1 saturated heterocycles. The molecule has 1 aliphatic rings. The molecule has 14 heavy (non-hydrogen) atoms. The maximum atomic E-state index is 5.71. The number of hydrogen-bond acceptors (Lipinski definition) is 2. The summed E-state index contributed by atoms with van der Waals surface area (Å²) in [6.45, 7) is 8.01. The third-order valence-corrected chi connectivity index (χ3v) is 3.42. The third kappa shape index (κ3) is 3.58. The Kier molecular flexibility index (Phi) is 5.49. The topological polar surface area (TPSA) is 29.3 Å². The van der Waals surface area contributed by atoms with E-state index in [0.29, 0.717) is 0 Å². The van der Waals surface area contributed by atoms with Gasteiger partial charge >= 0.3 is 0 Å². The molecule has 0 aromatic carbocycles. The van der Waals surface area contributed by atoms with Gasteiger partial charge in [0.15, 0.2) is 0 Å². The van der Waals surface area contributed by atoms with Crippen molar-refractivity contribution in [3.05, 3.63) is 0 Å². The SMILES string of the molecule is CCCCCCN1CC(CN)CC1C. The Labute approximate surface area is 88.8 Å². The van der Waals surface area contributed by atoms with Crippen LogP contribution in [0.15, 0.2) is 0 Å². The number of nitrogens with zero attached hydrogens (tertiary/aromatic N) is 1. The second-order valence-corrected chi connectivity index (χ2v) is 4.74. The van der Waals surface area contributed by atoms with Gasteiger partial charge in [0.25, 0.3) is 0 Å². The van der Waals surface area contributed by atoms with Gasteiger partial charge in [0.1, 0.15) is 0 Å². The van der Waals surface area contributed by atoms with Crippen LogP contribution in [0.2, 0.25) is 0 Å². The van der Waals surface area contributed by atoms with Crippen LogP contribution in [0.25, 0.3) is 0 Å². The highest BCUT2D eigenvalue weighted by molar-refractivity contribution is 4.82. The van der Waals surface area contributed by atoms with Gasteiger partial charge in [0.2, 0.25) is 0 Å². The van der Waals surface area contributed by atoms with Crippen LogP contribution in [-0.2, 0) is 0 Å². The Morgan fingerprint density at radius 2 is 2.07 bits per heavy atom. The first-order valence-corrected chi connectivity index (χ1v) is 6.22. The molecule has 0 spiro atoms. The zero-order chi connectivity index (χ0) is 10.4. The van der Waals surface area contributed by atoms with Crippen LogP contribution >= 0.6 is 0 Å². The second-order valence-electron chi connectivity index (χ2n) is 4.74. The summed E-state index contributed by atoms with van der Waals surface area (Å²) in [5, 5.41) is 0. The average Bonchev–Trinajstić information content (AvgIpc) is 2.54. The molecule has 1 heterocycles. The van der Waals surface area contributed by atoms with Gasteiger partial charge in [0, 0.05) is 12.6 Å². The molecular formula is C12H26N2. The molecule has 2 nitrogen and oxygen atoms in total. The van der Waals surface area contributed by atoms with Crippen LogP contribution in [0.4, 0.5) is 0 Å². The summed E-state index contributed by atoms with van der Waals surface area (Å²) in [7, 11) is 0. The smallest absolute Gasteiger partial charge is 0.00706 e. The molecule has 0 amide bonds. The van der Waals surface area contributed by atoms with Crippen molar-refractivity contribution in [3.63, 3.8) is 0 Å². The fourth-order valence-electron chi connectivity index (χ4n) is 2.44. The van der Waals surface area contributed by atoms with Crippen molar-refractivity contribution in [2.45, 2.75) is 52.0 Å². The molecular weight excluding hydrogens is 172 g/mol. The average molecular weight is 198 g/mol. The van der Waals surface area contributed by atoms with E-state index in [2.05, 4.69) is 18.7 Å². The lowest BCUT2D eigenvalue weighted by atomic mass is 10.1. The monoisotopic (exact) mass is 198 g/mol. The Bertz CT molecular complexity index is 147. The van der Waals surface area contributed by atoms with E-state index in [1.807, 2.05) is 0 Å². The van der Waals surface area contributed by atoms with Crippen LogP contribution in [-0.4, -0.2) is 30.6 Å². The number of likely N-dealkylation sites (tertiary alicyclic amines) is 1. The predicted octanol–water partition coefficient (Wildman–Crippen LogP) is 2.24. The molecule has 84 valence electrons. The predicted molar refractivity (Wildman–Crippen MR) is 62.3 cm³/mol. The first-order valence-electron chi connectivity index (χ1n) is 6.22. The van der Waals surface area contributed by atoms with Crippen molar-refractivity contribution < 1.29 is 0 Å². The molecule has 1 rings (SSSR count). The zero-order valence-electron chi connectivity index (χ0n) is 9.84. The summed E-state index contributed by atoms with van der Waals surface area (Å²) < 4.78 is 0. The van der Waals surface area contributed by atoms with Gasteiger partial charge in [-0.2, -0.15) is 0 Å². The number of nitrogens with two attached hydrogens (primary N) is 1. The van der Waals surface area contributed by atoms with E-state index in [0.717, 1.165) is 18.5 Å². The lowest BCUT2D eigenvalue weighted by Gasteiger charge is -2.20. The second kappa shape index (κ2) is 6.41. The highest BCUT2D eigenvalue weighted by atomic mass is 15.2. The van der Waals surface area contributed by atoms with Gasteiger partial charge in [-0.3, -0.25) is 0 Å². The van der Waals surface area contributed by atoms with Crippen LogP contribution in [0, 0.1) is 5.92 Å². The van der Waals surface area contributed by atoms with E-state index < -0.39 is 0 Å². The molecule has 2 unspecified atom stereocenters. The van der Waals surface area contributed by atoms with Crippen molar-refractivity contribution in [2.24, 2.45) is 11.7 Å². The lowest BCUT2D eigenvalue weighted by Crippen LogP contribution is -2.28. The van der Waals surface area contributed by atoms with Crippen LogP contribution in [0.1, 0.15) is 46.0 Å². The zero-order valence-corrected chi connectivity index (χ0v) is 9.84. The summed E-state index contributed by atoms with van der Waals surface area (Å²) in [5.41, 5.74) is 5.71. The molecule has 0 saturated carbocycles. The maximum Gasteiger partial charge on any atom is 0.00706 e. The van der Waals surface area contributed by atoms with Crippen molar-refractivity contribution >= 4 is 0 Å². The molecule has 2 atom stereocenters. The van der Waals surface area contributed by atoms with Gasteiger partial charge in [-0.15, -0.1) is 0 Å². The largest absolute Gasteiger partial charge is 0.330 e. The summed E-state index contributed by atoms with van der Waals surface area (Å²) in [5.74, 6) is 0.760. The molecule has 0 radical (unpaired) electrons. The summed E-state index contributed by atoms with van der Waals surface area (Å²) in [6.07, 6.45) is 6.80. The molecule has 0 aromatic heterocycles. The van der Waals surface area contributed by atoms with Gasteiger partial charge in [-0.05, 0) is 38.8 Å². The fourth-order valence-corrected chi connectivity index (χ4v) is 2.44. The van der Waals surface area contributed by atoms with E-state index in [-0.39, 0.29) is 0 Å². The van der Waals surface area contributed by atoms with E-state index >= 15 is 0 Å². The lowest BCUT2D eigenvalue weighted by molar-refractivity contribution is 0.258. The van der Waals surface area contributed by atoms with Gasteiger partial charge < -0.3 is 10.6 Å². The van der Waals surface area contributed by atoms with Crippen molar-refractivity contribution in [1.29, 1.82) is 0 Å². The van der Waals surface area contributed by atoms with Gasteiger partial charge in [-0.1, -0.05) is 26.2 Å². The minimum Gasteiger partial charge on any atom is -0.330 e. The van der Waals surface area contributed by atoms with Gasteiger partial charge in [-0.25, -0.2) is 0 Å². The van der Waals surface area contributed by atoms with Crippen molar-refractivity contribution in [3.8, 4) is 0 Å². The normalized spacial score (nSPS) is 28.5. The van der Waals surface area contributed by atoms with E-state index in [9.17, 15) is 0 Å². The molecule has 0 bridgehead atoms. The first kappa shape index (κ1) is 12.0. The quantitative estimate of drug-likeness (QED) is 0.663. The van der Waals surface area contributed by atoms with Gasteiger partial charge in [0.05, 0.1) is 0 Å². The maximum absolute atomic E-state index is 5.71. The minimum absolute atomic E-state index is 0.760. The number of hydrogen-bond donors (Lipinski definition) is 1. The van der Waals surface area contributed by atoms with Crippen LogP contribution in [0.5, 0.6) is 0 Å². The summed E-state index contributed by atoms with van der Waals surface area (Å²) >= 11 is 0. The highest BCUT2D eigenvalue weighted by Gasteiger charge is 2.26. The molecule has 2 heteroatoms. The van der Waals surface area contributed by atoms with Crippen molar-refractivity contribution in [1.82, 2.24) is 4.90 Å². The Morgan fingerprint density at radius 3 is 2.64 bits per heavy atom. The minimum atomic E-state index is 0.760. The number of rotatable bonds is 6. The van der Waals surface area contributed by atoms with Crippen LogP contribution < -0.4 is 5.73 Å². The Balaban J connectivity index is 2.12. The highest BCUT2D eigenvalue weighted by Crippen LogP contribution is 2.22. The van der Waals surface area contributed by atoms with Crippen LogP contribution in [0.3, 0.4) is 0 Å². The standard InChI is InChI=1S/C12H26N2/c1-3-4-5-6-7-14-10-12(9-13)8-11(14)2/h11-12H,3-10,13H2,1-2H3. The third-order valence-electron chi connectivity index (χ3n) is 3.42. The summed E-state index contributed by atoms with van der Waals surface area (Å²) in [4.78, 5) is 2.62. The molecule has 1 fully saturated rings. The Morgan fingerprint density at radius 1 is 1.29 bits per heavy atom. The molecule has 0 aromatic rings. The molecule has 0 aliphatic carbocycles. The van der Waals surface area contributed by atoms with E-state index in [4.69, 9.17) is 5.73 Å². The molecule has 2 N–H and O–H groups in total.